The molecule has 0 radical (unpaired) electrons. The summed E-state index contributed by atoms with van der Waals surface area (Å²) in [4.78, 5) is 15.7. The lowest BCUT2D eigenvalue weighted by molar-refractivity contribution is 0.0620. The minimum absolute atomic E-state index is 0.0680. The van der Waals surface area contributed by atoms with Crippen LogP contribution in [0.4, 0.5) is 0 Å². The van der Waals surface area contributed by atoms with Gasteiger partial charge in [0.05, 0.1) is 18.9 Å². The Kier molecular flexibility index (Phi) is 3.22. The first-order valence-corrected chi connectivity index (χ1v) is 5.23. The molecule has 0 bridgehead atoms. The van der Waals surface area contributed by atoms with Gasteiger partial charge in [0.15, 0.2) is 5.76 Å². The maximum Gasteiger partial charge on any atom is 0.289 e. The average molecular weight is 219 g/mol. The highest BCUT2D eigenvalue weighted by atomic mass is 16.3. The summed E-state index contributed by atoms with van der Waals surface area (Å²) in [5.74, 6) is 0.315. The summed E-state index contributed by atoms with van der Waals surface area (Å²) in [5, 5.41) is 8.56. The van der Waals surface area contributed by atoms with Gasteiger partial charge in [0, 0.05) is 26.2 Å². The van der Waals surface area contributed by atoms with Gasteiger partial charge in [-0.3, -0.25) is 9.69 Å². The molecule has 84 valence electrons. The van der Waals surface area contributed by atoms with Gasteiger partial charge in [-0.1, -0.05) is 0 Å². The predicted molar refractivity (Wildman–Crippen MR) is 56.7 cm³/mol. The van der Waals surface area contributed by atoms with Crippen LogP contribution in [0.2, 0.25) is 0 Å². The van der Waals surface area contributed by atoms with E-state index in [1.54, 1.807) is 17.0 Å². The number of rotatable bonds is 2. The summed E-state index contributed by atoms with van der Waals surface area (Å²) in [6.07, 6.45) is 1.50. The van der Waals surface area contributed by atoms with E-state index >= 15 is 0 Å². The SMILES string of the molecule is N#CCN1CCN(C(=O)c2ccco2)CC1. The average Bonchev–Trinajstić information content (AvgIpc) is 2.83. The zero-order valence-corrected chi connectivity index (χ0v) is 8.93. The minimum atomic E-state index is -0.0680. The van der Waals surface area contributed by atoms with Crippen LogP contribution in [-0.4, -0.2) is 48.4 Å². The molecule has 16 heavy (non-hydrogen) atoms. The Morgan fingerprint density at radius 1 is 1.44 bits per heavy atom. The Morgan fingerprint density at radius 2 is 2.19 bits per heavy atom. The molecule has 0 N–H and O–H groups in total. The predicted octanol–water partition coefficient (Wildman–Crippen LogP) is 0.561. The van der Waals surface area contributed by atoms with Crippen molar-refractivity contribution in [3.05, 3.63) is 24.2 Å². The van der Waals surface area contributed by atoms with Gasteiger partial charge in [0.1, 0.15) is 0 Å². The van der Waals surface area contributed by atoms with E-state index in [1.807, 2.05) is 4.90 Å². The van der Waals surface area contributed by atoms with E-state index in [2.05, 4.69) is 6.07 Å². The van der Waals surface area contributed by atoms with Crippen molar-refractivity contribution in [3.8, 4) is 6.07 Å². The fourth-order valence-electron chi connectivity index (χ4n) is 1.77. The zero-order valence-electron chi connectivity index (χ0n) is 8.93. The van der Waals surface area contributed by atoms with Gasteiger partial charge in [-0.25, -0.2) is 0 Å². The van der Waals surface area contributed by atoms with Gasteiger partial charge >= 0.3 is 0 Å². The number of nitrogens with zero attached hydrogens (tertiary/aromatic N) is 3. The van der Waals surface area contributed by atoms with E-state index in [-0.39, 0.29) is 5.91 Å². The second kappa shape index (κ2) is 4.81. The third kappa shape index (κ3) is 2.23. The first kappa shape index (κ1) is 10.7. The molecule has 0 unspecified atom stereocenters. The molecule has 1 amide bonds. The lowest BCUT2D eigenvalue weighted by Crippen LogP contribution is -2.48. The van der Waals surface area contributed by atoms with Crippen LogP contribution >= 0.6 is 0 Å². The lowest BCUT2D eigenvalue weighted by Gasteiger charge is -2.32. The topological polar surface area (TPSA) is 60.5 Å². The lowest BCUT2D eigenvalue weighted by atomic mass is 10.3. The van der Waals surface area contributed by atoms with E-state index in [9.17, 15) is 4.79 Å². The van der Waals surface area contributed by atoms with Crippen molar-refractivity contribution >= 4 is 5.91 Å². The second-order valence-electron chi connectivity index (χ2n) is 3.70. The number of hydrogen-bond donors (Lipinski definition) is 0. The van der Waals surface area contributed by atoms with Crippen LogP contribution in [0.1, 0.15) is 10.6 Å². The smallest absolute Gasteiger partial charge is 0.289 e. The molecular weight excluding hydrogens is 206 g/mol. The van der Waals surface area contributed by atoms with Crippen molar-refractivity contribution < 1.29 is 9.21 Å². The number of carbonyl (C=O) groups excluding carboxylic acids is 1. The monoisotopic (exact) mass is 219 g/mol. The number of amides is 1. The van der Waals surface area contributed by atoms with Gasteiger partial charge < -0.3 is 9.32 Å². The molecule has 5 heteroatoms. The van der Waals surface area contributed by atoms with Gasteiger partial charge in [-0.2, -0.15) is 5.26 Å². The molecule has 0 aromatic carbocycles. The summed E-state index contributed by atoms with van der Waals surface area (Å²) in [6, 6.07) is 5.49. The molecule has 1 saturated heterocycles. The van der Waals surface area contributed by atoms with Crippen LogP contribution in [0, 0.1) is 11.3 Å². The second-order valence-corrected chi connectivity index (χ2v) is 3.70. The summed E-state index contributed by atoms with van der Waals surface area (Å²) in [5.41, 5.74) is 0. The molecule has 0 aliphatic carbocycles. The Labute approximate surface area is 93.8 Å². The van der Waals surface area contributed by atoms with Crippen LogP contribution in [-0.2, 0) is 0 Å². The third-order valence-corrected chi connectivity index (χ3v) is 2.69. The molecule has 1 aliphatic heterocycles. The number of hydrogen-bond acceptors (Lipinski definition) is 4. The van der Waals surface area contributed by atoms with Crippen molar-refractivity contribution in [2.45, 2.75) is 0 Å². The molecule has 2 rings (SSSR count). The molecule has 2 heterocycles. The normalized spacial score (nSPS) is 17.1. The highest BCUT2D eigenvalue weighted by Gasteiger charge is 2.23. The Balaban J connectivity index is 1.90. The number of nitriles is 1. The van der Waals surface area contributed by atoms with Crippen LogP contribution in [0.25, 0.3) is 0 Å². The Hall–Kier alpha value is -1.80. The van der Waals surface area contributed by atoms with E-state index in [0.29, 0.717) is 25.4 Å². The van der Waals surface area contributed by atoms with Gasteiger partial charge in [0.25, 0.3) is 5.91 Å². The van der Waals surface area contributed by atoms with Gasteiger partial charge in [-0.15, -0.1) is 0 Å². The van der Waals surface area contributed by atoms with Gasteiger partial charge in [0.2, 0.25) is 0 Å². The number of carbonyl (C=O) groups is 1. The van der Waals surface area contributed by atoms with E-state index in [0.717, 1.165) is 13.1 Å². The summed E-state index contributed by atoms with van der Waals surface area (Å²) in [6.45, 7) is 3.24. The maximum absolute atomic E-state index is 11.9. The Morgan fingerprint density at radius 3 is 2.75 bits per heavy atom. The highest BCUT2D eigenvalue weighted by molar-refractivity contribution is 5.91. The van der Waals surface area contributed by atoms with Crippen molar-refractivity contribution in [2.24, 2.45) is 0 Å². The van der Waals surface area contributed by atoms with Gasteiger partial charge in [-0.05, 0) is 12.1 Å². The molecule has 1 aromatic rings. The molecular formula is C11H13N3O2. The summed E-state index contributed by atoms with van der Waals surface area (Å²) in [7, 11) is 0. The van der Waals surface area contributed by atoms with E-state index in [1.165, 1.54) is 6.26 Å². The molecule has 0 spiro atoms. The van der Waals surface area contributed by atoms with Crippen molar-refractivity contribution in [1.29, 1.82) is 5.26 Å². The third-order valence-electron chi connectivity index (χ3n) is 2.69. The van der Waals surface area contributed by atoms with E-state index < -0.39 is 0 Å². The van der Waals surface area contributed by atoms with Crippen LogP contribution in [0.15, 0.2) is 22.8 Å². The van der Waals surface area contributed by atoms with Crippen molar-refractivity contribution in [1.82, 2.24) is 9.80 Å². The largest absolute Gasteiger partial charge is 0.459 e. The molecule has 0 atom stereocenters. The standard InChI is InChI=1S/C11H13N3O2/c12-3-4-13-5-7-14(8-6-13)11(15)10-2-1-9-16-10/h1-2,9H,4-8H2. The quantitative estimate of drug-likeness (QED) is 0.682. The van der Waals surface area contributed by atoms with Crippen molar-refractivity contribution in [2.75, 3.05) is 32.7 Å². The number of furan rings is 1. The highest BCUT2D eigenvalue weighted by Crippen LogP contribution is 2.08. The Bertz CT molecular complexity index is 386. The first-order chi connectivity index (χ1) is 7.81. The molecule has 5 nitrogen and oxygen atoms in total. The molecule has 0 saturated carbocycles. The first-order valence-electron chi connectivity index (χ1n) is 5.23. The zero-order chi connectivity index (χ0) is 11.4. The fraction of sp³-hybridized carbons (Fsp3) is 0.455. The fourth-order valence-corrected chi connectivity index (χ4v) is 1.77. The van der Waals surface area contributed by atoms with Crippen LogP contribution in [0.3, 0.4) is 0 Å². The minimum Gasteiger partial charge on any atom is -0.459 e. The van der Waals surface area contributed by atoms with Crippen molar-refractivity contribution in [3.63, 3.8) is 0 Å². The maximum atomic E-state index is 11.9. The molecule has 1 aliphatic rings. The summed E-state index contributed by atoms with van der Waals surface area (Å²) < 4.78 is 5.07. The molecule has 1 aromatic heterocycles. The summed E-state index contributed by atoms with van der Waals surface area (Å²) >= 11 is 0. The van der Waals surface area contributed by atoms with Crippen LogP contribution < -0.4 is 0 Å². The number of piperazine rings is 1. The molecule has 1 fully saturated rings. The van der Waals surface area contributed by atoms with E-state index in [4.69, 9.17) is 9.68 Å². The van der Waals surface area contributed by atoms with Crippen LogP contribution in [0.5, 0.6) is 0 Å².